The fourth-order valence-electron chi connectivity index (χ4n) is 10.4. The van der Waals surface area contributed by atoms with Crippen molar-refractivity contribution in [2.75, 3.05) is 13.2 Å². The average Bonchev–Trinajstić information content (AvgIpc) is 3.59. The van der Waals surface area contributed by atoms with E-state index in [1.165, 1.54) is 135 Å². The lowest BCUT2D eigenvalue weighted by molar-refractivity contribution is -0.305. The van der Waals surface area contributed by atoms with Gasteiger partial charge in [-0.15, -0.1) is 0 Å². The van der Waals surface area contributed by atoms with Gasteiger partial charge in [-0.1, -0.05) is 279 Å². The number of esters is 1. The molecule has 1 fully saturated rings. The molecule has 0 aromatic heterocycles. The Hall–Kier alpha value is -3.42. The SMILES string of the molecule is CCCCC/C=C\C/C=C\C/C=C\C/C=C\CCCCCCCCCCCCC(O)C(=O)NC(COC1OC(CO)C(O)C(O)C1OC(=O)CCCCCCCC/C=C\C/C=C\C/C=C\CCCCC)C(O)/C=C/CCCCCCCCCCC. The van der Waals surface area contributed by atoms with Crippen LogP contribution in [-0.4, -0.2) is 99.6 Å². The minimum atomic E-state index is -1.62. The van der Waals surface area contributed by atoms with Crippen molar-refractivity contribution in [3.63, 3.8) is 0 Å². The molecule has 0 spiro atoms. The molecule has 0 saturated carbocycles. The van der Waals surface area contributed by atoms with E-state index in [1.807, 2.05) is 6.08 Å². The Labute approximate surface area is 520 Å². The number of ether oxygens (including phenoxy) is 3. The highest BCUT2D eigenvalue weighted by Crippen LogP contribution is 2.26. The molecule has 490 valence electrons. The Bertz CT molecular complexity index is 1750. The van der Waals surface area contributed by atoms with E-state index in [1.54, 1.807) is 6.08 Å². The summed E-state index contributed by atoms with van der Waals surface area (Å²) < 4.78 is 17.7. The van der Waals surface area contributed by atoms with Crippen LogP contribution in [0.2, 0.25) is 0 Å². The fraction of sp³-hybridized carbons (Fsp3) is 0.757. The van der Waals surface area contributed by atoms with Gasteiger partial charge in [0.05, 0.1) is 25.4 Å². The van der Waals surface area contributed by atoms with Crippen LogP contribution in [0.4, 0.5) is 0 Å². The van der Waals surface area contributed by atoms with E-state index in [0.717, 1.165) is 116 Å². The van der Waals surface area contributed by atoms with Crippen molar-refractivity contribution >= 4 is 11.9 Å². The lowest BCUT2D eigenvalue weighted by Crippen LogP contribution is -2.61. The maximum Gasteiger partial charge on any atom is 0.306 e. The Morgan fingerprint density at radius 1 is 0.459 bits per heavy atom. The summed E-state index contributed by atoms with van der Waals surface area (Å²) in [5.74, 6) is -1.21. The van der Waals surface area contributed by atoms with Crippen molar-refractivity contribution in [2.24, 2.45) is 0 Å². The second-order valence-corrected chi connectivity index (χ2v) is 23.9. The zero-order valence-electron chi connectivity index (χ0n) is 54.5. The molecule has 0 aromatic rings. The second-order valence-electron chi connectivity index (χ2n) is 23.9. The van der Waals surface area contributed by atoms with Crippen LogP contribution < -0.4 is 5.32 Å². The van der Waals surface area contributed by atoms with E-state index >= 15 is 0 Å². The van der Waals surface area contributed by atoms with Gasteiger partial charge < -0.3 is 45.1 Å². The Morgan fingerprint density at radius 2 is 0.812 bits per heavy atom. The number of aliphatic hydroxyl groups excluding tert-OH is 5. The molecule has 1 aliphatic rings. The van der Waals surface area contributed by atoms with Crippen LogP contribution in [-0.2, 0) is 23.8 Å². The number of carbonyl (C=O) groups is 2. The maximum absolute atomic E-state index is 13.5. The molecule has 1 amide bonds. The molecule has 1 rings (SSSR count). The van der Waals surface area contributed by atoms with E-state index in [0.29, 0.717) is 12.8 Å². The van der Waals surface area contributed by atoms with E-state index in [9.17, 15) is 35.1 Å². The van der Waals surface area contributed by atoms with Crippen LogP contribution in [0, 0.1) is 0 Å². The van der Waals surface area contributed by atoms with Gasteiger partial charge in [-0.05, 0) is 109 Å². The molecule has 6 N–H and O–H groups in total. The van der Waals surface area contributed by atoms with Crippen molar-refractivity contribution in [1.82, 2.24) is 5.32 Å². The van der Waals surface area contributed by atoms with Crippen LogP contribution in [0.1, 0.15) is 297 Å². The minimum absolute atomic E-state index is 0.105. The minimum Gasteiger partial charge on any atom is -0.454 e. The molecule has 1 aliphatic heterocycles. The van der Waals surface area contributed by atoms with Crippen LogP contribution in [0.3, 0.4) is 0 Å². The first-order valence-corrected chi connectivity index (χ1v) is 35.0. The molecule has 11 heteroatoms. The maximum atomic E-state index is 13.5. The normalized spacial score (nSPS) is 19.0. The molecule has 0 bridgehead atoms. The number of amides is 1. The molecule has 0 radical (unpaired) electrons. The number of aliphatic hydroxyl groups is 5. The molecule has 0 aromatic carbocycles. The number of hydrogen-bond acceptors (Lipinski definition) is 10. The van der Waals surface area contributed by atoms with Crippen molar-refractivity contribution in [1.29, 1.82) is 0 Å². The summed E-state index contributed by atoms with van der Waals surface area (Å²) in [6.07, 6.45) is 71.5. The average molecular weight is 1190 g/mol. The summed E-state index contributed by atoms with van der Waals surface area (Å²) in [4.78, 5) is 26.6. The molecule has 0 aliphatic carbocycles. The van der Waals surface area contributed by atoms with Gasteiger partial charge in [-0.25, -0.2) is 0 Å². The number of carbonyl (C=O) groups excluding carboxylic acids is 2. The first kappa shape index (κ1) is 79.6. The lowest BCUT2D eigenvalue weighted by atomic mass is 9.99. The van der Waals surface area contributed by atoms with E-state index in [4.69, 9.17) is 14.2 Å². The number of unbranched alkanes of at least 4 members (excludes halogenated alkanes) is 31. The first-order chi connectivity index (χ1) is 41.7. The molecule has 1 heterocycles. The quantitative estimate of drug-likeness (QED) is 0.0195. The number of allylic oxidation sites excluding steroid dienone is 15. The molecule has 85 heavy (non-hydrogen) atoms. The zero-order chi connectivity index (χ0) is 61.7. The van der Waals surface area contributed by atoms with Gasteiger partial charge in [0.25, 0.3) is 0 Å². The Kier molecular flexibility index (Phi) is 57.0. The van der Waals surface area contributed by atoms with Gasteiger partial charge in [0.15, 0.2) is 12.4 Å². The number of hydrogen-bond donors (Lipinski definition) is 6. The van der Waals surface area contributed by atoms with Crippen molar-refractivity contribution in [2.45, 2.75) is 346 Å². The first-order valence-electron chi connectivity index (χ1n) is 35.0. The standard InChI is InChI=1S/C74H129NO10/c1-4-7-10-13-16-19-22-24-26-28-30-31-32-33-34-35-36-38-39-41-43-46-49-52-55-58-61-67(78)73(82)75-65(66(77)60-57-54-51-48-45-21-18-15-12-9-6-3)64-83-74-72(71(81)70(80)68(63-76)84-74)85-69(79)62-59-56-53-50-47-44-42-40-37-29-27-25-23-20-17-14-11-8-5-2/h16-17,19-20,24-27,30-31,33-34,37,40,57,60,65-68,70-72,74,76-78,80-81H,4-15,18,21-23,28-29,32,35-36,38-39,41-56,58-59,61-64H2,1-3H3,(H,75,82)/b19-16-,20-17-,26-24-,27-25-,31-30-,34-33-,40-37-,60-57+. The smallest absolute Gasteiger partial charge is 0.306 e. The lowest BCUT2D eigenvalue weighted by Gasteiger charge is -2.41. The van der Waals surface area contributed by atoms with E-state index < -0.39 is 67.4 Å². The van der Waals surface area contributed by atoms with Crippen molar-refractivity contribution in [3.8, 4) is 0 Å². The molecule has 1 saturated heterocycles. The predicted molar refractivity (Wildman–Crippen MR) is 356 cm³/mol. The third-order valence-corrected chi connectivity index (χ3v) is 16.0. The zero-order valence-corrected chi connectivity index (χ0v) is 54.5. The summed E-state index contributed by atoms with van der Waals surface area (Å²) in [6, 6.07) is -1.03. The third kappa shape index (κ3) is 48.2. The van der Waals surface area contributed by atoms with Gasteiger partial charge in [0.1, 0.15) is 24.4 Å². The summed E-state index contributed by atoms with van der Waals surface area (Å²) >= 11 is 0. The summed E-state index contributed by atoms with van der Waals surface area (Å²) in [5.41, 5.74) is 0. The Balaban J connectivity index is 2.58. The summed E-state index contributed by atoms with van der Waals surface area (Å²) in [5, 5.41) is 57.2. The van der Waals surface area contributed by atoms with Crippen LogP contribution >= 0.6 is 0 Å². The molecule has 11 nitrogen and oxygen atoms in total. The second kappa shape index (κ2) is 60.8. The van der Waals surface area contributed by atoms with Crippen molar-refractivity contribution < 1.29 is 49.3 Å². The van der Waals surface area contributed by atoms with E-state index in [2.05, 4.69) is 111 Å². The number of nitrogens with one attached hydrogen (secondary N) is 1. The largest absolute Gasteiger partial charge is 0.454 e. The Morgan fingerprint density at radius 3 is 1.24 bits per heavy atom. The van der Waals surface area contributed by atoms with Gasteiger partial charge in [-0.2, -0.15) is 0 Å². The van der Waals surface area contributed by atoms with Gasteiger partial charge >= 0.3 is 5.97 Å². The summed E-state index contributed by atoms with van der Waals surface area (Å²) in [7, 11) is 0. The van der Waals surface area contributed by atoms with Gasteiger partial charge in [0.2, 0.25) is 5.91 Å². The van der Waals surface area contributed by atoms with Gasteiger partial charge in [-0.3, -0.25) is 9.59 Å². The molecule has 8 atom stereocenters. The fourth-order valence-corrected chi connectivity index (χ4v) is 10.4. The van der Waals surface area contributed by atoms with Crippen LogP contribution in [0.25, 0.3) is 0 Å². The summed E-state index contributed by atoms with van der Waals surface area (Å²) in [6.45, 7) is 5.73. The van der Waals surface area contributed by atoms with E-state index in [-0.39, 0.29) is 19.4 Å². The van der Waals surface area contributed by atoms with Crippen LogP contribution in [0.15, 0.2) is 97.2 Å². The third-order valence-electron chi connectivity index (χ3n) is 16.0. The highest BCUT2D eigenvalue weighted by molar-refractivity contribution is 5.80. The van der Waals surface area contributed by atoms with Crippen LogP contribution in [0.5, 0.6) is 0 Å². The highest BCUT2D eigenvalue weighted by Gasteiger charge is 2.47. The molecular weight excluding hydrogens is 1060 g/mol. The topological polar surface area (TPSA) is 175 Å². The monoisotopic (exact) mass is 1190 g/mol. The molecular formula is C74H129NO10. The number of rotatable bonds is 59. The van der Waals surface area contributed by atoms with Gasteiger partial charge in [0, 0.05) is 6.42 Å². The molecule has 8 unspecified atom stereocenters. The predicted octanol–water partition coefficient (Wildman–Crippen LogP) is 17.8. The van der Waals surface area contributed by atoms with Crippen molar-refractivity contribution in [3.05, 3.63) is 97.2 Å². The highest BCUT2D eigenvalue weighted by atomic mass is 16.7.